The van der Waals surface area contributed by atoms with E-state index in [1.807, 2.05) is 30.5 Å². The Morgan fingerprint density at radius 3 is 2.86 bits per heavy atom. The molecule has 0 aliphatic carbocycles. The van der Waals surface area contributed by atoms with Crippen LogP contribution in [0, 0.1) is 0 Å². The van der Waals surface area contributed by atoms with E-state index in [0.717, 1.165) is 5.69 Å². The molecular weight excluding hydrogens is 266 g/mol. The fraction of sp³-hybridized carbons (Fsp3) is 0.125. The van der Waals surface area contributed by atoms with Gasteiger partial charge in [0.2, 0.25) is 0 Å². The Morgan fingerprint density at radius 1 is 1.19 bits per heavy atom. The first-order valence-electron chi connectivity index (χ1n) is 6.57. The van der Waals surface area contributed by atoms with Gasteiger partial charge in [-0.05, 0) is 36.4 Å². The van der Waals surface area contributed by atoms with E-state index in [1.54, 1.807) is 36.2 Å². The van der Waals surface area contributed by atoms with Crippen LogP contribution in [0.3, 0.4) is 0 Å². The molecule has 21 heavy (non-hydrogen) atoms. The molecule has 0 radical (unpaired) electrons. The third-order valence-electron chi connectivity index (χ3n) is 3.17. The molecule has 5 nitrogen and oxygen atoms in total. The van der Waals surface area contributed by atoms with Crippen molar-refractivity contribution >= 4 is 0 Å². The first kappa shape index (κ1) is 13.2. The molecule has 3 rings (SSSR count). The van der Waals surface area contributed by atoms with E-state index in [-0.39, 0.29) is 5.75 Å². The van der Waals surface area contributed by atoms with Crippen molar-refractivity contribution in [2.45, 2.75) is 6.54 Å². The van der Waals surface area contributed by atoms with Gasteiger partial charge in [0.05, 0.1) is 25.0 Å². The molecule has 106 valence electrons. The van der Waals surface area contributed by atoms with Crippen LogP contribution in [0.25, 0.3) is 11.3 Å². The van der Waals surface area contributed by atoms with Crippen LogP contribution in [0.4, 0.5) is 0 Å². The smallest absolute Gasteiger partial charge is 0.125 e. The molecule has 0 spiro atoms. The van der Waals surface area contributed by atoms with Crippen molar-refractivity contribution in [3.63, 3.8) is 0 Å². The average Bonchev–Trinajstić information content (AvgIpc) is 2.97. The summed E-state index contributed by atoms with van der Waals surface area (Å²) < 4.78 is 6.97. The van der Waals surface area contributed by atoms with Crippen molar-refractivity contribution in [3.8, 4) is 22.8 Å². The minimum absolute atomic E-state index is 0.180. The second-order valence-corrected chi connectivity index (χ2v) is 4.60. The number of rotatable bonds is 4. The van der Waals surface area contributed by atoms with E-state index in [9.17, 15) is 5.11 Å². The second kappa shape index (κ2) is 5.66. The SMILES string of the molecule is COc1ccc(O)c(-c2ccn(Cc3ccccn3)n2)c1. The van der Waals surface area contributed by atoms with Crippen LogP contribution in [0.15, 0.2) is 54.9 Å². The largest absolute Gasteiger partial charge is 0.507 e. The van der Waals surface area contributed by atoms with Crippen LogP contribution in [0.5, 0.6) is 11.5 Å². The van der Waals surface area contributed by atoms with Crippen molar-refractivity contribution in [2.75, 3.05) is 7.11 Å². The minimum Gasteiger partial charge on any atom is -0.507 e. The highest BCUT2D eigenvalue weighted by Crippen LogP contribution is 2.31. The molecule has 0 aliphatic rings. The van der Waals surface area contributed by atoms with Crippen molar-refractivity contribution in [1.82, 2.24) is 14.8 Å². The average molecular weight is 281 g/mol. The number of aromatic hydroxyl groups is 1. The molecule has 0 saturated carbocycles. The van der Waals surface area contributed by atoms with Crippen molar-refractivity contribution in [3.05, 3.63) is 60.6 Å². The molecule has 5 heteroatoms. The molecule has 0 aliphatic heterocycles. The summed E-state index contributed by atoms with van der Waals surface area (Å²) in [7, 11) is 1.59. The summed E-state index contributed by atoms with van der Waals surface area (Å²) in [5.74, 6) is 0.862. The Hall–Kier alpha value is -2.82. The molecule has 0 bridgehead atoms. The van der Waals surface area contributed by atoms with E-state index in [2.05, 4.69) is 10.1 Å². The fourth-order valence-corrected chi connectivity index (χ4v) is 2.10. The lowest BCUT2D eigenvalue weighted by atomic mass is 10.1. The van der Waals surface area contributed by atoms with Gasteiger partial charge in [-0.2, -0.15) is 5.10 Å². The molecule has 0 saturated heterocycles. The Bertz CT molecular complexity index is 738. The van der Waals surface area contributed by atoms with Crippen LogP contribution in [0.2, 0.25) is 0 Å². The summed E-state index contributed by atoms with van der Waals surface area (Å²) >= 11 is 0. The number of hydrogen-bond acceptors (Lipinski definition) is 4. The zero-order valence-electron chi connectivity index (χ0n) is 11.6. The van der Waals surface area contributed by atoms with Crippen LogP contribution < -0.4 is 4.74 Å². The molecule has 0 amide bonds. The quantitative estimate of drug-likeness (QED) is 0.798. The van der Waals surface area contributed by atoms with Crippen LogP contribution >= 0.6 is 0 Å². The maximum atomic E-state index is 9.97. The minimum atomic E-state index is 0.180. The third-order valence-corrected chi connectivity index (χ3v) is 3.17. The maximum absolute atomic E-state index is 9.97. The lowest BCUT2D eigenvalue weighted by Crippen LogP contribution is -2.02. The normalized spacial score (nSPS) is 10.5. The summed E-state index contributed by atoms with van der Waals surface area (Å²) in [5, 5.41) is 14.4. The van der Waals surface area contributed by atoms with Gasteiger partial charge in [-0.1, -0.05) is 6.07 Å². The topological polar surface area (TPSA) is 60.2 Å². The molecule has 2 heterocycles. The van der Waals surface area contributed by atoms with Gasteiger partial charge in [-0.15, -0.1) is 0 Å². The van der Waals surface area contributed by atoms with Crippen molar-refractivity contribution < 1.29 is 9.84 Å². The zero-order valence-corrected chi connectivity index (χ0v) is 11.6. The Labute approximate surface area is 122 Å². The molecule has 0 fully saturated rings. The van der Waals surface area contributed by atoms with Crippen LogP contribution in [-0.4, -0.2) is 27.0 Å². The third kappa shape index (κ3) is 2.86. The maximum Gasteiger partial charge on any atom is 0.125 e. The number of ether oxygens (including phenoxy) is 1. The Balaban J connectivity index is 1.88. The molecular formula is C16H15N3O2. The Kier molecular flexibility index (Phi) is 3.55. The zero-order chi connectivity index (χ0) is 14.7. The summed E-state index contributed by atoms with van der Waals surface area (Å²) in [6, 6.07) is 12.7. The van der Waals surface area contributed by atoms with E-state index in [4.69, 9.17) is 4.74 Å². The van der Waals surface area contributed by atoms with Gasteiger partial charge >= 0.3 is 0 Å². The van der Waals surface area contributed by atoms with Crippen molar-refractivity contribution in [2.24, 2.45) is 0 Å². The van der Waals surface area contributed by atoms with Crippen molar-refractivity contribution in [1.29, 1.82) is 0 Å². The number of aromatic nitrogens is 3. The van der Waals surface area contributed by atoms with E-state index in [1.165, 1.54) is 0 Å². The number of hydrogen-bond donors (Lipinski definition) is 1. The first-order chi connectivity index (χ1) is 10.3. The van der Waals surface area contributed by atoms with Gasteiger partial charge in [-0.3, -0.25) is 9.67 Å². The second-order valence-electron chi connectivity index (χ2n) is 4.60. The fourth-order valence-electron chi connectivity index (χ4n) is 2.10. The van der Waals surface area contributed by atoms with Gasteiger partial charge < -0.3 is 9.84 Å². The predicted octanol–water partition coefficient (Wildman–Crippen LogP) is 2.71. The molecule has 1 N–H and O–H groups in total. The number of benzene rings is 1. The van der Waals surface area contributed by atoms with E-state index >= 15 is 0 Å². The van der Waals surface area contributed by atoms with Crippen LogP contribution in [-0.2, 0) is 6.54 Å². The molecule has 0 atom stereocenters. The standard InChI is InChI=1S/C16H15N3O2/c1-21-13-5-6-16(20)14(10-13)15-7-9-19(18-15)11-12-4-2-3-8-17-12/h2-10,20H,11H2,1H3. The molecule has 0 unspecified atom stereocenters. The lowest BCUT2D eigenvalue weighted by molar-refractivity contribution is 0.412. The molecule has 2 aromatic heterocycles. The molecule has 1 aromatic carbocycles. The van der Waals surface area contributed by atoms with E-state index in [0.29, 0.717) is 23.6 Å². The number of phenolic OH excluding ortho intramolecular Hbond substituents is 1. The molecule has 3 aromatic rings. The summed E-state index contributed by atoms with van der Waals surface area (Å²) in [6.45, 7) is 0.589. The highest BCUT2D eigenvalue weighted by Gasteiger charge is 2.09. The summed E-state index contributed by atoms with van der Waals surface area (Å²) in [5.41, 5.74) is 2.28. The number of nitrogens with zero attached hydrogens (tertiary/aromatic N) is 3. The number of phenols is 1. The summed E-state index contributed by atoms with van der Waals surface area (Å²) in [6.07, 6.45) is 3.62. The monoisotopic (exact) mass is 281 g/mol. The Morgan fingerprint density at radius 2 is 2.10 bits per heavy atom. The number of methoxy groups -OCH3 is 1. The van der Waals surface area contributed by atoms with Crippen LogP contribution in [0.1, 0.15) is 5.69 Å². The lowest BCUT2D eigenvalue weighted by Gasteiger charge is -2.05. The van der Waals surface area contributed by atoms with Gasteiger partial charge in [-0.25, -0.2) is 0 Å². The predicted molar refractivity (Wildman–Crippen MR) is 79.2 cm³/mol. The highest BCUT2D eigenvalue weighted by atomic mass is 16.5. The van der Waals surface area contributed by atoms with Gasteiger partial charge in [0.25, 0.3) is 0 Å². The summed E-state index contributed by atoms with van der Waals surface area (Å²) in [4.78, 5) is 4.27. The highest BCUT2D eigenvalue weighted by molar-refractivity contribution is 5.68. The van der Waals surface area contributed by atoms with Gasteiger partial charge in [0.1, 0.15) is 11.5 Å². The first-order valence-corrected chi connectivity index (χ1v) is 6.57. The number of pyridine rings is 1. The van der Waals surface area contributed by atoms with Gasteiger partial charge in [0.15, 0.2) is 0 Å². The van der Waals surface area contributed by atoms with Gasteiger partial charge in [0, 0.05) is 18.0 Å². The van der Waals surface area contributed by atoms with E-state index < -0.39 is 0 Å².